The Kier molecular flexibility index (Phi) is 6.46. The minimum atomic E-state index is -0.514. The number of hydrogen-bond donors (Lipinski definition) is 0. The average molecular weight is 450 g/mol. The molecule has 9 heteroatoms. The van der Waals surface area contributed by atoms with E-state index in [1.807, 2.05) is 30.0 Å². The average Bonchev–Trinajstić information content (AvgIpc) is 3.04. The standard InChI is InChI=1S/C19H24BrN5O3/c1-14(12-24-15(2)11-18(21-24)25(27)28)19(26)23-9-7-22(8-10-23)13-16-5-3-4-6-17(16)20/h3-6,11,14H,7-10,12-13H2,1-2H3. The molecule has 1 atom stereocenters. The van der Waals surface area contributed by atoms with Gasteiger partial charge < -0.3 is 15.0 Å². The molecule has 150 valence electrons. The Balaban J connectivity index is 1.53. The molecule has 0 saturated carbocycles. The SMILES string of the molecule is Cc1cc([N+](=O)[O-])nn1CC(C)C(=O)N1CCN(Cc2ccccc2Br)CC1. The van der Waals surface area contributed by atoms with Gasteiger partial charge in [0, 0.05) is 37.2 Å². The maximum absolute atomic E-state index is 12.8. The number of hydrogen-bond acceptors (Lipinski definition) is 5. The molecule has 1 aliphatic heterocycles. The molecule has 1 aromatic carbocycles. The quantitative estimate of drug-likeness (QED) is 0.499. The topological polar surface area (TPSA) is 84.5 Å². The highest BCUT2D eigenvalue weighted by Crippen LogP contribution is 2.19. The van der Waals surface area contributed by atoms with E-state index >= 15 is 0 Å². The van der Waals surface area contributed by atoms with Crippen LogP contribution in [0.4, 0.5) is 5.82 Å². The Morgan fingerprint density at radius 3 is 2.57 bits per heavy atom. The van der Waals surface area contributed by atoms with E-state index in [1.165, 1.54) is 11.6 Å². The fourth-order valence-corrected chi connectivity index (χ4v) is 3.82. The monoisotopic (exact) mass is 449 g/mol. The fraction of sp³-hybridized carbons (Fsp3) is 0.474. The number of rotatable bonds is 6. The molecule has 1 amide bonds. The molecule has 0 bridgehead atoms. The zero-order valence-electron chi connectivity index (χ0n) is 16.0. The van der Waals surface area contributed by atoms with Crippen LogP contribution in [0.2, 0.25) is 0 Å². The summed E-state index contributed by atoms with van der Waals surface area (Å²) in [6, 6.07) is 9.61. The molecule has 28 heavy (non-hydrogen) atoms. The van der Waals surface area contributed by atoms with Gasteiger partial charge in [0.25, 0.3) is 0 Å². The van der Waals surface area contributed by atoms with Crippen LogP contribution in [0.1, 0.15) is 18.2 Å². The molecule has 3 rings (SSSR count). The van der Waals surface area contributed by atoms with E-state index in [2.05, 4.69) is 32.0 Å². The Morgan fingerprint density at radius 2 is 1.96 bits per heavy atom. The molecule has 1 aliphatic rings. The van der Waals surface area contributed by atoms with Gasteiger partial charge in [0.2, 0.25) is 5.91 Å². The van der Waals surface area contributed by atoms with Crippen LogP contribution in [0.3, 0.4) is 0 Å². The smallest absolute Gasteiger partial charge is 0.358 e. The third kappa shape index (κ3) is 4.77. The largest absolute Gasteiger partial charge is 0.390 e. The first-order valence-electron chi connectivity index (χ1n) is 9.28. The van der Waals surface area contributed by atoms with Crippen LogP contribution >= 0.6 is 15.9 Å². The number of halogens is 1. The molecular formula is C19H24BrN5O3. The second-order valence-corrected chi connectivity index (χ2v) is 8.03. The highest BCUT2D eigenvalue weighted by atomic mass is 79.9. The summed E-state index contributed by atoms with van der Waals surface area (Å²) in [6.45, 7) is 7.83. The van der Waals surface area contributed by atoms with Crippen molar-refractivity contribution in [1.29, 1.82) is 0 Å². The van der Waals surface area contributed by atoms with Gasteiger partial charge in [-0.05, 0) is 23.5 Å². The van der Waals surface area contributed by atoms with E-state index in [0.29, 0.717) is 25.3 Å². The Hall–Kier alpha value is -2.26. The Bertz CT molecular complexity index is 861. The first kappa shape index (κ1) is 20.5. The van der Waals surface area contributed by atoms with Gasteiger partial charge in [0.15, 0.2) is 0 Å². The van der Waals surface area contributed by atoms with E-state index in [0.717, 1.165) is 24.1 Å². The zero-order valence-corrected chi connectivity index (χ0v) is 17.6. The number of piperazine rings is 1. The summed E-state index contributed by atoms with van der Waals surface area (Å²) in [4.78, 5) is 27.4. The van der Waals surface area contributed by atoms with E-state index < -0.39 is 4.92 Å². The van der Waals surface area contributed by atoms with Crippen molar-refractivity contribution in [2.24, 2.45) is 5.92 Å². The predicted molar refractivity (Wildman–Crippen MR) is 109 cm³/mol. The number of benzene rings is 1. The molecule has 2 aromatic rings. The summed E-state index contributed by atoms with van der Waals surface area (Å²) in [5.41, 5.74) is 1.93. The first-order valence-corrected chi connectivity index (χ1v) is 10.1. The van der Waals surface area contributed by atoms with Crippen molar-refractivity contribution < 1.29 is 9.72 Å². The number of aryl methyl sites for hydroxylation is 1. The van der Waals surface area contributed by atoms with E-state index in [1.54, 1.807) is 11.6 Å². The summed E-state index contributed by atoms with van der Waals surface area (Å²) in [5, 5.41) is 14.8. The lowest BCUT2D eigenvalue weighted by atomic mass is 10.1. The van der Waals surface area contributed by atoms with Gasteiger partial charge in [-0.3, -0.25) is 9.69 Å². The first-order chi connectivity index (χ1) is 13.3. The van der Waals surface area contributed by atoms with Gasteiger partial charge in [-0.15, -0.1) is 0 Å². The van der Waals surface area contributed by atoms with Crippen LogP contribution < -0.4 is 0 Å². The number of carbonyl (C=O) groups is 1. The van der Waals surface area contributed by atoms with Crippen molar-refractivity contribution in [3.63, 3.8) is 0 Å². The lowest BCUT2D eigenvalue weighted by Crippen LogP contribution is -2.50. The third-order valence-corrected chi connectivity index (χ3v) is 5.83. The van der Waals surface area contributed by atoms with Crippen LogP contribution in [-0.4, -0.2) is 56.6 Å². The second kappa shape index (κ2) is 8.83. The van der Waals surface area contributed by atoms with Crippen LogP contribution in [0, 0.1) is 23.0 Å². The second-order valence-electron chi connectivity index (χ2n) is 7.18. The van der Waals surface area contributed by atoms with Gasteiger partial charge in [0.05, 0.1) is 29.3 Å². The highest BCUT2D eigenvalue weighted by molar-refractivity contribution is 9.10. The molecule has 8 nitrogen and oxygen atoms in total. The minimum Gasteiger partial charge on any atom is -0.358 e. The van der Waals surface area contributed by atoms with Crippen LogP contribution in [-0.2, 0) is 17.9 Å². The van der Waals surface area contributed by atoms with Crippen molar-refractivity contribution in [2.45, 2.75) is 26.9 Å². The molecule has 0 spiro atoms. The maximum Gasteiger partial charge on any atom is 0.390 e. The Labute approximate surface area is 172 Å². The normalized spacial score (nSPS) is 16.2. The summed E-state index contributed by atoms with van der Waals surface area (Å²) < 4.78 is 2.65. The van der Waals surface area contributed by atoms with Crippen molar-refractivity contribution in [3.8, 4) is 0 Å². The minimum absolute atomic E-state index is 0.0677. The maximum atomic E-state index is 12.8. The zero-order chi connectivity index (χ0) is 20.3. The fourth-order valence-electron chi connectivity index (χ4n) is 3.41. The summed E-state index contributed by atoms with van der Waals surface area (Å²) in [7, 11) is 0. The summed E-state index contributed by atoms with van der Waals surface area (Å²) in [6.07, 6.45) is 0. The molecule has 0 aliphatic carbocycles. The van der Waals surface area contributed by atoms with Gasteiger partial charge in [-0.2, -0.15) is 4.68 Å². The molecule has 1 saturated heterocycles. The highest BCUT2D eigenvalue weighted by Gasteiger charge is 2.27. The molecule has 2 heterocycles. The van der Waals surface area contributed by atoms with Crippen LogP contribution in [0.5, 0.6) is 0 Å². The van der Waals surface area contributed by atoms with Gasteiger partial charge in [0.1, 0.15) is 0 Å². The number of nitrogens with zero attached hydrogens (tertiary/aromatic N) is 5. The molecule has 0 N–H and O–H groups in total. The van der Waals surface area contributed by atoms with Crippen molar-refractivity contribution >= 4 is 27.7 Å². The van der Waals surface area contributed by atoms with Gasteiger partial charge >= 0.3 is 5.82 Å². The summed E-state index contributed by atoms with van der Waals surface area (Å²) >= 11 is 3.58. The summed E-state index contributed by atoms with van der Waals surface area (Å²) in [5.74, 6) is -0.399. The lowest BCUT2D eigenvalue weighted by molar-refractivity contribution is -0.389. The van der Waals surface area contributed by atoms with Crippen LogP contribution in [0.15, 0.2) is 34.8 Å². The number of amides is 1. The van der Waals surface area contributed by atoms with E-state index in [-0.39, 0.29) is 17.6 Å². The van der Waals surface area contributed by atoms with Crippen molar-refractivity contribution in [2.75, 3.05) is 26.2 Å². The Morgan fingerprint density at radius 1 is 1.29 bits per heavy atom. The predicted octanol–water partition coefficient (Wildman–Crippen LogP) is 2.84. The van der Waals surface area contributed by atoms with Crippen molar-refractivity contribution in [3.05, 3.63) is 56.2 Å². The molecular weight excluding hydrogens is 426 g/mol. The molecule has 0 radical (unpaired) electrons. The number of aromatic nitrogens is 2. The van der Waals surface area contributed by atoms with Gasteiger partial charge in [-0.1, -0.05) is 41.1 Å². The van der Waals surface area contributed by atoms with Crippen molar-refractivity contribution in [1.82, 2.24) is 19.6 Å². The molecule has 1 fully saturated rings. The lowest BCUT2D eigenvalue weighted by Gasteiger charge is -2.36. The number of carbonyl (C=O) groups excluding carboxylic acids is 1. The van der Waals surface area contributed by atoms with Gasteiger partial charge in [-0.25, -0.2) is 0 Å². The van der Waals surface area contributed by atoms with Crippen LogP contribution in [0.25, 0.3) is 0 Å². The molecule has 1 unspecified atom stereocenters. The van der Waals surface area contributed by atoms with E-state index in [9.17, 15) is 14.9 Å². The van der Waals surface area contributed by atoms with E-state index in [4.69, 9.17) is 0 Å². The number of nitro groups is 1. The third-order valence-electron chi connectivity index (χ3n) is 5.06. The molecule has 1 aromatic heterocycles.